The number of rotatable bonds is 2. The second-order valence-electron chi connectivity index (χ2n) is 7.23. The maximum absolute atomic E-state index is 12.3. The molecule has 1 saturated carbocycles. The van der Waals surface area contributed by atoms with Gasteiger partial charge in [0.05, 0.1) is 17.4 Å². The molecule has 0 saturated heterocycles. The van der Waals surface area contributed by atoms with E-state index < -0.39 is 0 Å². The van der Waals surface area contributed by atoms with Crippen LogP contribution in [0.25, 0.3) is 17.1 Å². The smallest absolute Gasteiger partial charge is 0.276 e. The number of nitrogens with one attached hydrogen (secondary N) is 2. The van der Waals surface area contributed by atoms with Gasteiger partial charge in [-0.25, -0.2) is 9.98 Å². The lowest BCUT2D eigenvalue weighted by Gasteiger charge is -2.21. The van der Waals surface area contributed by atoms with Crippen molar-refractivity contribution < 1.29 is 4.79 Å². The number of guanidine groups is 1. The summed E-state index contributed by atoms with van der Waals surface area (Å²) in [6, 6.07) is 6.36. The molecule has 6 nitrogen and oxygen atoms in total. The number of carbonyl (C=O) groups is 1. The fraction of sp³-hybridized carbons (Fsp3) is 0.450. The van der Waals surface area contributed by atoms with Gasteiger partial charge in [0.2, 0.25) is 5.96 Å². The highest BCUT2D eigenvalue weighted by atomic mass is 16.2. The van der Waals surface area contributed by atoms with Gasteiger partial charge in [0.15, 0.2) is 0 Å². The molecule has 0 spiro atoms. The monoisotopic (exact) mass is 351 g/mol. The standard InChI is InChI=1S/C20H25N5O/c1-25-13-21-16-10-9-14(12-18(16)25)11-17-19(26)24-20(23-17)22-15-7-5-3-2-4-6-8-15/h9-13,15H,2-8H2,1H3,(H2,22,23,24,26)/b17-11-. The van der Waals surface area contributed by atoms with E-state index in [0.717, 1.165) is 29.4 Å². The molecular formula is C20H25N5O. The minimum absolute atomic E-state index is 0.150. The Morgan fingerprint density at radius 2 is 1.96 bits per heavy atom. The van der Waals surface area contributed by atoms with E-state index in [4.69, 9.17) is 0 Å². The second kappa shape index (κ2) is 7.32. The molecule has 0 bridgehead atoms. The van der Waals surface area contributed by atoms with Crippen molar-refractivity contribution in [3.63, 3.8) is 0 Å². The molecule has 6 heteroatoms. The molecule has 1 aliphatic heterocycles. The van der Waals surface area contributed by atoms with Gasteiger partial charge in [0.1, 0.15) is 5.70 Å². The first-order chi connectivity index (χ1) is 12.7. The van der Waals surface area contributed by atoms with Crippen LogP contribution in [0.4, 0.5) is 0 Å². The van der Waals surface area contributed by atoms with Crippen LogP contribution >= 0.6 is 0 Å². The Balaban J connectivity index is 1.51. The first kappa shape index (κ1) is 16.8. The van der Waals surface area contributed by atoms with Crippen LogP contribution in [0.15, 0.2) is 35.2 Å². The molecular weight excluding hydrogens is 326 g/mol. The van der Waals surface area contributed by atoms with Gasteiger partial charge in [-0.2, -0.15) is 0 Å². The van der Waals surface area contributed by atoms with Crippen LogP contribution in [0.1, 0.15) is 50.5 Å². The molecule has 2 N–H and O–H groups in total. The summed E-state index contributed by atoms with van der Waals surface area (Å²) < 4.78 is 1.97. The van der Waals surface area contributed by atoms with E-state index in [-0.39, 0.29) is 5.91 Å². The van der Waals surface area contributed by atoms with Crippen molar-refractivity contribution in [2.45, 2.75) is 51.0 Å². The quantitative estimate of drug-likeness (QED) is 0.817. The van der Waals surface area contributed by atoms with E-state index in [9.17, 15) is 4.79 Å². The molecule has 0 radical (unpaired) electrons. The number of aliphatic imine (C=N–C) groups is 1. The molecule has 26 heavy (non-hydrogen) atoms. The topological polar surface area (TPSA) is 71.3 Å². The summed E-state index contributed by atoms with van der Waals surface area (Å²) in [6.07, 6.45) is 12.3. The minimum atomic E-state index is -0.150. The number of benzene rings is 1. The van der Waals surface area contributed by atoms with E-state index in [1.54, 1.807) is 6.33 Å². The number of aryl methyl sites for hydroxylation is 1. The molecule has 1 aliphatic carbocycles. The maximum atomic E-state index is 12.3. The summed E-state index contributed by atoms with van der Waals surface area (Å²) in [5.41, 5.74) is 3.37. The van der Waals surface area contributed by atoms with E-state index in [0.29, 0.717) is 17.7 Å². The Labute approximate surface area is 153 Å². The lowest BCUT2D eigenvalue weighted by atomic mass is 9.97. The third kappa shape index (κ3) is 3.64. The van der Waals surface area contributed by atoms with Gasteiger partial charge in [-0.05, 0) is 36.6 Å². The molecule has 1 aromatic heterocycles. The minimum Gasteiger partial charge on any atom is -0.353 e. The van der Waals surface area contributed by atoms with Crippen molar-refractivity contribution in [3.05, 3.63) is 35.8 Å². The fourth-order valence-corrected chi connectivity index (χ4v) is 3.72. The number of imidazole rings is 1. The summed E-state index contributed by atoms with van der Waals surface area (Å²) in [7, 11) is 1.96. The summed E-state index contributed by atoms with van der Waals surface area (Å²) in [5.74, 6) is 0.442. The molecule has 2 heterocycles. The van der Waals surface area contributed by atoms with E-state index in [2.05, 4.69) is 20.6 Å². The van der Waals surface area contributed by atoms with Crippen LogP contribution in [-0.4, -0.2) is 27.5 Å². The SMILES string of the molecule is Cn1cnc2ccc(/C=C3\N=C(NC4CCCCCCC4)NC3=O)cc21. The average molecular weight is 351 g/mol. The number of aromatic nitrogens is 2. The van der Waals surface area contributed by atoms with Crippen molar-refractivity contribution in [2.75, 3.05) is 0 Å². The zero-order valence-electron chi connectivity index (χ0n) is 15.2. The predicted octanol–water partition coefficient (Wildman–Crippen LogP) is 3.10. The number of amides is 1. The highest BCUT2D eigenvalue weighted by Crippen LogP contribution is 2.19. The fourth-order valence-electron chi connectivity index (χ4n) is 3.72. The van der Waals surface area contributed by atoms with Crippen LogP contribution in [0.5, 0.6) is 0 Å². The van der Waals surface area contributed by atoms with Crippen molar-refractivity contribution >= 4 is 29.0 Å². The number of fused-ring (bicyclic) bond motifs is 1. The maximum Gasteiger partial charge on any atom is 0.276 e. The van der Waals surface area contributed by atoms with E-state index >= 15 is 0 Å². The van der Waals surface area contributed by atoms with Crippen LogP contribution in [0.2, 0.25) is 0 Å². The van der Waals surface area contributed by atoms with Crippen molar-refractivity contribution in [3.8, 4) is 0 Å². The summed E-state index contributed by atoms with van der Waals surface area (Å²) in [6.45, 7) is 0. The molecule has 1 aromatic carbocycles. The Morgan fingerprint density at radius 3 is 2.77 bits per heavy atom. The van der Waals surface area contributed by atoms with Gasteiger partial charge < -0.3 is 9.88 Å². The van der Waals surface area contributed by atoms with Crippen molar-refractivity contribution in [1.29, 1.82) is 0 Å². The van der Waals surface area contributed by atoms with Gasteiger partial charge in [-0.3, -0.25) is 10.1 Å². The second-order valence-corrected chi connectivity index (χ2v) is 7.23. The first-order valence-electron chi connectivity index (χ1n) is 9.48. The summed E-state index contributed by atoms with van der Waals surface area (Å²) in [5, 5.41) is 6.29. The molecule has 2 aliphatic rings. The van der Waals surface area contributed by atoms with Crippen LogP contribution < -0.4 is 10.6 Å². The highest BCUT2D eigenvalue weighted by molar-refractivity contribution is 6.13. The molecule has 4 rings (SSSR count). The largest absolute Gasteiger partial charge is 0.353 e. The summed E-state index contributed by atoms with van der Waals surface area (Å²) in [4.78, 5) is 21.1. The Bertz CT molecular complexity index is 871. The molecule has 0 atom stereocenters. The number of hydrogen-bond donors (Lipinski definition) is 2. The zero-order valence-corrected chi connectivity index (χ0v) is 15.2. The van der Waals surface area contributed by atoms with Crippen LogP contribution in [-0.2, 0) is 11.8 Å². The Hall–Kier alpha value is -2.63. The lowest BCUT2D eigenvalue weighted by Crippen LogP contribution is -2.42. The van der Waals surface area contributed by atoms with Crippen molar-refractivity contribution in [2.24, 2.45) is 12.0 Å². The highest BCUT2D eigenvalue weighted by Gasteiger charge is 2.22. The van der Waals surface area contributed by atoms with Crippen LogP contribution in [0.3, 0.4) is 0 Å². The molecule has 0 unspecified atom stereocenters. The summed E-state index contributed by atoms with van der Waals surface area (Å²) >= 11 is 0. The molecule has 2 aromatic rings. The van der Waals surface area contributed by atoms with Gasteiger partial charge in [-0.1, -0.05) is 38.2 Å². The predicted molar refractivity (Wildman–Crippen MR) is 104 cm³/mol. The van der Waals surface area contributed by atoms with Crippen LogP contribution in [0, 0.1) is 0 Å². The normalized spacial score (nSPS) is 20.7. The van der Waals surface area contributed by atoms with Gasteiger partial charge >= 0.3 is 0 Å². The van der Waals surface area contributed by atoms with Crippen molar-refractivity contribution in [1.82, 2.24) is 20.2 Å². The third-order valence-corrected chi connectivity index (χ3v) is 5.20. The third-order valence-electron chi connectivity index (χ3n) is 5.20. The number of hydrogen-bond acceptors (Lipinski definition) is 4. The van der Waals surface area contributed by atoms with E-state index in [1.807, 2.05) is 35.9 Å². The zero-order chi connectivity index (χ0) is 17.9. The van der Waals surface area contributed by atoms with Gasteiger partial charge in [0, 0.05) is 13.1 Å². The number of carbonyl (C=O) groups excluding carboxylic acids is 1. The number of nitrogens with zero attached hydrogens (tertiary/aromatic N) is 3. The van der Waals surface area contributed by atoms with Gasteiger partial charge in [0.25, 0.3) is 5.91 Å². The average Bonchev–Trinajstić information content (AvgIpc) is 3.13. The van der Waals surface area contributed by atoms with E-state index in [1.165, 1.54) is 32.1 Å². The Kier molecular flexibility index (Phi) is 4.73. The Morgan fingerprint density at radius 1 is 1.19 bits per heavy atom. The molecule has 136 valence electrons. The molecule has 1 fully saturated rings. The van der Waals surface area contributed by atoms with Gasteiger partial charge in [-0.15, -0.1) is 0 Å². The lowest BCUT2D eigenvalue weighted by molar-refractivity contribution is -0.115. The first-order valence-corrected chi connectivity index (χ1v) is 9.48. The molecule has 1 amide bonds.